The van der Waals surface area contributed by atoms with Crippen LogP contribution in [0.3, 0.4) is 0 Å². The highest BCUT2D eigenvalue weighted by Crippen LogP contribution is 2.15. The van der Waals surface area contributed by atoms with Crippen LogP contribution in [0.4, 0.5) is 0 Å². The lowest BCUT2D eigenvalue weighted by atomic mass is 9.97. The number of β-amino-alcohol motifs (C(OH)–C–C–N with tert-alkyl or cyclic N) is 1. The molecule has 5 nitrogen and oxygen atoms in total. The van der Waals surface area contributed by atoms with Crippen molar-refractivity contribution in [3.8, 4) is 0 Å². The van der Waals surface area contributed by atoms with Crippen molar-refractivity contribution in [2.75, 3.05) is 32.8 Å². The van der Waals surface area contributed by atoms with Crippen molar-refractivity contribution in [3.05, 3.63) is 18.0 Å². The topological polar surface area (TPSA) is 53.3 Å². The fraction of sp³-hybridized carbons (Fsp3) is 0.769. The van der Waals surface area contributed by atoms with Crippen LogP contribution in [-0.4, -0.2) is 52.6 Å². The maximum absolute atomic E-state index is 8.89. The fourth-order valence-electron chi connectivity index (χ4n) is 2.54. The summed E-state index contributed by atoms with van der Waals surface area (Å²) in [6.07, 6.45) is 6.44. The number of aryl methyl sites for hydroxylation is 1. The number of hydrogen-bond acceptors (Lipinski definition) is 4. The van der Waals surface area contributed by atoms with Crippen LogP contribution < -0.4 is 5.32 Å². The molecule has 0 atom stereocenters. The van der Waals surface area contributed by atoms with Gasteiger partial charge in [0, 0.05) is 31.9 Å². The van der Waals surface area contributed by atoms with Gasteiger partial charge in [0.25, 0.3) is 0 Å². The Balaban J connectivity index is 1.60. The van der Waals surface area contributed by atoms with Crippen molar-refractivity contribution in [1.82, 2.24) is 20.0 Å². The van der Waals surface area contributed by atoms with Gasteiger partial charge in [-0.15, -0.1) is 0 Å². The second-order valence-corrected chi connectivity index (χ2v) is 5.16. The smallest absolute Gasteiger partial charge is 0.0558 e. The molecule has 18 heavy (non-hydrogen) atoms. The van der Waals surface area contributed by atoms with E-state index in [0.717, 1.165) is 38.6 Å². The minimum atomic E-state index is 0.282. The number of aliphatic hydroxyl groups is 1. The molecule has 0 unspecified atom stereocenters. The summed E-state index contributed by atoms with van der Waals surface area (Å²) in [4.78, 5) is 2.34. The normalized spacial score (nSPS) is 18.3. The van der Waals surface area contributed by atoms with E-state index in [0.29, 0.717) is 0 Å². The number of piperidine rings is 1. The summed E-state index contributed by atoms with van der Waals surface area (Å²) >= 11 is 0. The molecular weight excluding hydrogens is 228 g/mol. The quantitative estimate of drug-likeness (QED) is 0.760. The number of aromatic nitrogens is 2. The molecule has 1 aromatic heterocycles. The zero-order valence-electron chi connectivity index (χ0n) is 11.2. The van der Waals surface area contributed by atoms with E-state index in [9.17, 15) is 0 Å². The number of aliphatic hydroxyl groups excluding tert-OH is 1. The van der Waals surface area contributed by atoms with E-state index in [-0.39, 0.29) is 6.61 Å². The first-order valence-electron chi connectivity index (χ1n) is 6.79. The Morgan fingerprint density at radius 2 is 2.22 bits per heavy atom. The summed E-state index contributed by atoms with van der Waals surface area (Å²) in [6, 6.07) is 0. The molecular formula is C13H24N4O. The van der Waals surface area contributed by atoms with Gasteiger partial charge in [0.2, 0.25) is 0 Å². The Hall–Kier alpha value is -0.910. The van der Waals surface area contributed by atoms with Crippen LogP contribution in [0.15, 0.2) is 12.4 Å². The molecule has 0 amide bonds. The molecule has 1 aliphatic rings. The van der Waals surface area contributed by atoms with E-state index in [1.807, 2.05) is 17.9 Å². The molecule has 0 radical (unpaired) electrons. The molecule has 2 heterocycles. The Bertz CT molecular complexity index is 345. The highest BCUT2D eigenvalue weighted by atomic mass is 16.3. The number of nitrogens with one attached hydrogen (secondary N) is 1. The Morgan fingerprint density at radius 1 is 1.44 bits per heavy atom. The van der Waals surface area contributed by atoms with Gasteiger partial charge in [0.1, 0.15) is 0 Å². The predicted molar refractivity (Wildman–Crippen MR) is 71.2 cm³/mol. The zero-order valence-corrected chi connectivity index (χ0v) is 11.2. The van der Waals surface area contributed by atoms with Crippen molar-refractivity contribution in [2.24, 2.45) is 13.0 Å². The first kappa shape index (κ1) is 13.5. The second-order valence-electron chi connectivity index (χ2n) is 5.16. The zero-order chi connectivity index (χ0) is 12.8. The van der Waals surface area contributed by atoms with Gasteiger partial charge < -0.3 is 15.3 Å². The van der Waals surface area contributed by atoms with E-state index >= 15 is 0 Å². The summed E-state index contributed by atoms with van der Waals surface area (Å²) < 4.78 is 1.84. The second kappa shape index (κ2) is 6.87. The average Bonchev–Trinajstić information content (AvgIpc) is 2.78. The molecule has 2 rings (SSSR count). The van der Waals surface area contributed by atoms with Gasteiger partial charge in [-0.3, -0.25) is 4.68 Å². The highest BCUT2D eigenvalue weighted by molar-refractivity contribution is 5.02. The molecule has 1 aliphatic heterocycles. The molecule has 0 aromatic carbocycles. The monoisotopic (exact) mass is 252 g/mol. The molecule has 1 fully saturated rings. The summed E-state index contributed by atoms with van der Waals surface area (Å²) in [5.41, 5.74) is 1.25. The molecule has 0 bridgehead atoms. The van der Waals surface area contributed by atoms with Crippen molar-refractivity contribution < 1.29 is 5.11 Å². The van der Waals surface area contributed by atoms with Gasteiger partial charge in [-0.25, -0.2) is 0 Å². The number of nitrogens with zero attached hydrogens (tertiary/aromatic N) is 3. The molecule has 102 valence electrons. The lowest BCUT2D eigenvalue weighted by Crippen LogP contribution is -2.38. The number of likely N-dealkylation sites (tertiary alicyclic amines) is 1. The maximum atomic E-state index is 8.89. The van der Waals surface area contributed by atoms with Crippen LogP contribution in [0.25, 0.3) is 0 Å². The molecule has 0 saturated carbocycles. The van der Waals surface area contributed by atoms with Crippen molar-refractivity contribution >= 4 is 0 Å². The highest BCUT2D eigenvalue weighted by Gasteiger charge is 2.18. The standard InChI is InChI=1S/C13H24N4O/c1-16-11-13(10-15-16)9-14-8-12-2-4-17(5-3-12)6-7-18/h10-12,14,18H,2-9H2,1H3. The van der Waals surface area contributed by atoms with Crippen molar-refractivity contribution in [1.29, 1.82) is 0 Å². The van der Waals surface area contributed by atoms with Crippen LogP contribution >= 0.6 is 0 Å². The van der Waals surface area contributed by atoms with E-state index in [4.69, 9.17) is 5.11 Å². The minimum absolute atomic E-state index is 0.282. The number of rotatable bonds is 6. The minimum Gasteiger partial charge on any atom is -0.395 e. The van der Waals surface area contributed by atoms with Crippen LogP contribution in [-0.2, 0) is 13.6 Å². The largest absolute Gasteiger partial charge is 0.395 e. The van der Waals surface area contributed by atoms with Crippen molar-refractivity contribution in [2.45, 2.75) is 19.4 Å². The first-order valence-corrected chi connectivity index (χ1v) is 6.79. The van der Waals surface area contributed by atoms with Gasteiger partial charge in [0.05, 0.1) is 12.8 Å². The molecule has 0 spiro atoms. The molecule has 1 saturated heterocycles. The number of hydrogen-bond donors (Lipinski definition) is 2. The van der Waals surface area contributed by atoms with Crippen LogP contribution in [0, 0.1) is 5.92 Å². The Labute approximate surface area is 109 Å². The van der Waals surface area contributed by atoms with Crippen LogP contribution in [0.5, 0.6) is 0 Å². The molecule has 2 N–H and O–H groups in total. The Kier molecular flexibility index (Phi) is 5.16. The fourth-order valence-corrected chi connectivity index (χ4v) is 2.54. The lowest BCUT2D eigenvalue weighted by Gasteiger charge is -2.31. The third-order valence-electron chi connectivity index (χ3n) is 3.64. The summed E-state index contributed by atoms with van der Waals surface area (Å²) in [5, 5.41) is 16.6. The van der Waals surface area contributed by atoms with E-state index in [2.05, 4.69) is 21.5 Å². The van der Waals surface area contributed by atoms with Crippen LogP contribution in [0.1, 0.15) is 18.4 Å². The maximum Gasteiger partial charge on any atom is 0.0558 e. The molecule has 5 heteroatoms. The Morgan fingerprint density at radius 3 is 2.83 bits per heavy atom. The third-order valence-corrected chi connectivity index (χ3v) is 3.64. The first-order chi connectivity index (χ1) is 8.78. The predicted octanol–water partition coefficient (Wildman–Crippen LogP) is 0.214. The summed E-state index contributed by atoms with van der Waals surface area (Å²) in [7, 11) is 1.94. The van der Waals surface area contributed by atoms with E-state index in [1.54, 1.807) is 0 Å². The van der Waals surface area contributed by atoms with Gasteiger partial charge in [-0.1, -0.05) is 0 Å². The lowest BCUT2D eigenvalue weighted by molar-refractivity contribution is 0.146. The van der Waals surface area contributed by atoms with Gasteiger partial charge in [-0.2, -0.15) is 5.10 Å². The summed E-state index contributed by atoms with van der Waals surface area (Å²) in [5.74, 6) is 0.775. The molecule has 1 aromatic rings. The van der Waals surface area contributed by atoms with Gasteiger partial charge in [0.15, 0.2) is 0 Å². The third kappa shape index (κ3) is 4.08. The van der Waals surface area contributed by atoms with Crippen LogP contribution in [0.2, 0.25) is 0 Å². The van der Waals surface area contributed by atoms with Gasteiger partial charge in [-0.05, 0) is 38.4 Å². The van der Waals surface area contributed by atoms with E-state index < -0.39 is 0 Å². The summed E-state index contributed by atoms with van der Waals surface area (Å²) in [6.45, 7) is 5.35. The van der Waals surface area contributed by atoms with E-state index in [1.165, 1.54) is 18.4 Å². The SMILES string of the molecule is Cn1cc(CNCC2CCN(CCO)CC2)cn1. The molecule has 0 aliphatic carbocycles. The average molecular weight is 252 g/mol. The van der Waals surface area contributed by atoms with Gasteiger partial charge >= 0.3 is 0 Å². The van der Waals surface area contributed by atoms with Crippen molar-refractivity contribution in [3.63, 3.8) is 0 Å².